The van der Waals surface area contributed by atoms with Crippen LogP contribution in [0.5, 0.6) is 0 Å². The van der Waals surface area contributed by atoms with E-state index in [2.05, 4.69) is 39.8 Å². The smallest absolute Gasteiger partial charge is 0.230 e. The predicted octanol–water partition coefficient (Wildman–Crippen LogP) is 5.25. The van der Waals surface area contributed by atoms with Crippen LogP contribution >= 0.6 is 0 Å². The number of aromatic amines is 1. The van der Waals surface area contributed by atoms with Crippen molar-refractivity contribution in [3.8, 4) is 0 Å². The lowest BCUT2D eigenvalue weighted by molar-refractivity contribution is -0.135. The Bertz CT molecular complexity index is 1400. The summed E-state index contributed by atoms with van der Waals surface area (Å²) in [4.78, 5) is 27.6. The number of aromatic nitrogens is 2. The van der Waals surface area contributed by atoms with E-state index < -0.39 is 0 Å². The first-order valence-corrected chi connectivity index (χ1v) is 12.7. The largest absolute Gasteiger partial charge is 0.342 e. The first-order chi connectivity index (χ1) is 17.6. The van der Waals surface area contributed by atoms with Gasteiger partial charge in [-0.05, 0) is 47.1 Å². The molecule has 36 heavy (non-hydrogen) atoms. The summed E-state index contributed by atoms with van der Waals surface area (Å²) in [6.07, 6.45) is 3.08. The number of anilines is 1. The third-order valence-electron chi connectivity index (χ3n) is 7.88. The molecule has 2 amide bonds. The van der Waals surface area contributed by atoms with Crippen LogP contribution in [0.1, 0.15) is 47.9 Å². The van der Waals surface area contributed by atoms with Gasteiger partial charge in [0.25, 0.3) is 0 Å². The maximum atomic E-state index is 13.0. The van der Waals surface area contributed by atoms with Gasteiger partial charge in [0.2, 0.25) is 11.8 Å². The Hall–Kier alpha value is -3.93. The van der Waals surface area contributed by atoms with Crippen LogP contribution in [0.2, 0.25) is 0 Å². The molecule has 0 aliphatic heterocycles. The quantitative estimate of drug-likeness (QED) is 0.381. The van der Waals surface area contributed by atoms with Crippen LogP contribution in [0, 0.1) is 5.92 Å². The Morgan fingerprint density at radius 3 is 2.56 bits per heavy atom. The molecule has 0 saturated heterocycles. The number of nitrogens with one attached hydrogen (secondary N) is 2. The summed E-state index contributed by atoms with van der Waals surface area (Å²) in [6.45, 7) is 0. The van der Waals surface area contributed by atoms with E-state index in [1.54, 1.807) is 0 Å². The maximum absolute atomic E-state index is 13.0. The van der Waals surface area contributed by atoms with Gasteiger partial charge in [-0.2, -0.15) is 5.10 Å². The van der Waals surface area contributed by atoms with Gasteiger partial charge in [0, 0.05) is 36.7 Å². The van der Waals surface area contributed by atoms with Crippen molar-refractivity contribution < 1.29 is 9.59 Å². The number of benzene rings is 3. The van der Waals surface area contributed by atoms with E-state index in [9.17, 15) is 9.59 Å². The molecular formula is C30H30N4O2. The molecule has 6 heteroatoms. The number of fused-ring (bicyclic) bond motifs is 1. The van der Waals surface area contributed by atoms with Crippen molar-refractivity contribution in [1.29, 1.82) is 0 Å². The molecule has 2 N–H and O–H groups in total. The van der Waals surface area contributed by atoms with Gasteiger partial charge < -0.3 is 10.2 Å². The molecule has 0 radical (unpaired) electrons. The summed E-state index contributed by atoms with van der Waals surface area (Å²) in [6, 6.07) is 26.7. The van der Waals surface area contributed by atoms with Gasteiger partial charge in [-0.3, -0.25) is 14.7 Å². The molecule has 3 aromatic carbocycles. The van der Waals surface area contributed by atoms with E-state index in [-0.39, 0.29) is 23.8 Å². The van der Waals surface area contributed by atoms with Gasteiger partial charge in [0.05, 0.1) is 6.42 Å². The average molecular weight is 479 g/mol. The van der Waals surface area contributed by atoms with Crippen LogP contribution < -0.4 is 5.32 Å². The minimum absolute atomic E-state index is 0.0846. The lowest BCUT2D eigenvalue weighted by Gasteiger charge is -2.41. The van der Waals surface area contributed by atoms with Crippen molar-refractivity contribution in [2.75, 3.05) is 12.4 Å². The normalized spacial score (nSPS) is 22.6. The summed E-state index contributed by atoms with van der Waals surface area (Å²) in [5, 5.41) is 12.6. The number of H-pyrrole nitrogens is 1. The second-order valence-corrected chi connectivity index (χ2v) is 10.2. The fourth-order valence-corrected chi connectivity index (χ4v) is 5.55. The molecule has 2 aliphatic rings. The van der Waals surface area contributed by atoms with Crippen molar-refractivity contribution in [2.45, 2.75) is 43.6 Å². The number of nitrogens with zero attached hydrogens (tertiary/aromatic N) is 2. The van der Waals surface area contributed by atoms with E-state index in [4.69, 9.17) is 0 Å². The molecule has 6 rings (SSSR count). The molecule has 2 aliphatic carbocycles. The second kappa shape index (κ2) is 9.26. The highest BCUT2D eigenvalue weighted by Gasteiger charge is 2.47. The van der Waals surface area contributed by atoms with Gasteiger partial charge in [0.1, 0.15) is 0 Å². The van der Waals surface area contributed by atoms with Gasteiger partial charge in [0.15, 0.2) is 5.82 Å². The number of carbonyl (C=O) groups excluding carboxylic acids is 2. The highest BCUT2D eigenvalue weighted by atomic mass is 16.2. The molecule has 0 bridgehead atoms. The summed E-state index contributed by atoms with van der Waals surface area (Å²) in [5.74, 6) is 1.53. The first kappa shape index (κ1) is 22.5. The standard InChI is InChI=1S/C30H30N4O2/c1-34(30(36)26-17-25(26)20-8-3-2-4-9-20)23-14-22(15-23)27-18-28(33-32-27)31-29(35)16-21-12-7-11-19-10-5-6-13-24(19)21/h2-13,18,22-23,25-26H,14-17H2,1H3,(H2,31,32,33,35)/t22?,23?,25-,26-/m1/s1. The minimum Gasteiger partial charge on any atom is -0.342 e. The third-order valence-corrected chi connectivity index (χ3v) is 7.88. The van der Waals surface area contributed by atoms with Gasteiger partial charge in [-0.1, -0.05) is 72.8 Å². The SMILES string of the molecule is CN(C(=O)[C@@H]1C[C@@H]1c1ccccc1)C1CC(c2cc(NC(=O)Cc3cccc4ccccc34)n[nH]2)C1. The topological polar surface area (TPSA) is 78.1 Å². The molecule has 4 aromatic rings. The van der Waals surface area contributed by atoms with Crippen LogP contribution in [0.15, 0.2) is 78.9 Å². The van der Waals surface area contributed by atoms with Crippen molar-refractivity contribution in [3.63, 3.8) is 0 Å². The summed E-state index contributed by atoms with van der Waals surface area (Å²) < 4.78 is 0. The number of hydrogen-bond acceptors (Lipinski definition) is 3. The van der Waals surface area contributed by atoms with Crippen LogP contribution in [0.25, 0.3) is 10.8 Å². The second-order valence-electron chi connectivity index (χ2n) is 10.2. The van der Waals surface area contributed by atoms with Crippen molar-refractivity contribution in [2.24, 2.45) is 5.92 Å². The van der Waals surface area contributed by atoms with E-state index in [0.717, 1.165) is 41.3 Å². The number of carbonyl (C=O) groups is 2. The zero-order valence-corrected chi connectivity index (χ0v) is 20.4. The molecule has 0 spiro atoms. The zero-order valence-electron chi connectivity index (χ0n) is 20.4. The van der Waals surface area contributed by atoms with Crippen molar-refractivity contribution in [1.82, 2.24) is 15.1 Å². The predicted molar refractivity (Wildman–Crippen MR) is 141 cm³/mol. The highest BCUT2D eigenvalue weighted by molar-refractivity contribution is 5.95. The molecule has 2 fully saturated rings. The number of rotatable bonds is 7. The van der Waals surface area contributed by atoms with Crippen molar-refractivity contribution >= 4 is 28.4 Å². The molecule has 2 saturated carbocycles. The van der Waals surface area contributed by atoms with E-state index >= 15 is 0 Å². The lowest BCUT2D eigenvalue weighted by atomic mass is 9.77. The molecule has 182 valence electrons. The van der Waals surface area contributed by atoms with E-state index in [1.807, 2.05) is 66.5 Å². The summed E-state index contributed by atoms with van der Waals surface area (Å²) >= 11 is 0. The average Bonchev–Trinajstić information content (AvgIpc) is 3.55. The van der Waals surface area contributed by atoms with Crippen LogP contribution in [0.4, 0.5) is 5.82 Å². The Kier molecular flexibility index (Phi) is 5.80. The lowest BCUT2D eigenvalue weighted by Crippen LogP contribution is -2.45. The Morgan fingerprint density at radius 1 is 0.972 bits per heavy atom. The molecule has 2 atom stereocenters. The van der Waals surface area contributed by atoms with Gasteiger partial charge in [-0.25, -0.2) is 0 Å². The fourth-order valence-electron chi connectivity index (χ4n) is 5.55. The molecule has 6 nitrogen and oxygen atoms in total. The first-order valence-electron chi connectivity index (χ1n) is 12.7. The summed E-state index contributed by atoms with van der Waals surface area (Å²) in [5.41, 5.74) is 3.28. The number of hydrogen-bond donors (Lipinski definition) is 2. The molecular weight excluding hydrogens is 448 g/mol. The van der Waals surface area contributed by atoms with E-state index in [1.165, 1.54) is 5.56 Å². The molecule has 0 unspecified atom stereocenters. The van der Waals surface area contributed by atoms with Crippen molar-refractivity contribution in [3.05, 3.63) is 95.7 Å². The Morgan fingerprint density at radius 2 is 1.72 bits per heavy atom. The third kappa shape index (κ3) is 4.39. The maximum Gasteiger partial charge on any atom is 0.230 e. The Labute approximate surface area is 210 Å². The Balaban J connectivity index is 1.01. The minimum atomic E-state index is -0.0846. The van der Waals surface area contributed by atoms with Gasteiger partial charge in [-0.15, -0.1) is 0 Å². The molecule has 1 heterocycles. The fraction of sp³-hybridized carbons (Fsp3) is 0.300. The van der Waals surface area contributed by atoms with E-state index in [0.29, 0.717) is 24.1 Å². The van der Waals surface area contributed by atoms with Crippen LogP contribution in [0.3, 0.4) is 0 Å². The number of amides is 2. The zero-order chi connectivity index (χ0) is 24.6. The summed E-state index contributed by atoms with van der Waals surface area (Å²) in [7, 11) is 1.94. The van der Waals surface area contributed by atoms with Gasteiger partial charge >= 0.3 is 0 Å². The van der Waals surface area contributed by atoms with Crippen LogP contribution in [-0.4, -0.2) is 40.0 Å². The monoisotopic (exact) mass is 478 g/mol. The van der Waals surface area contributed by atoms with Crippen LogP contribution in [-0.2, 0) is 16.0 Å². The molecule has 1 aromatic heterocycles. The highest BCUT2D eigenvalue weighted by Crippen LogP contribution is 2.49.